The summed E-state index contributed by atoms with van der Waals surface area (Å²) in [5.41, 5.74) is 6.17. The number of sulfonamides is 1. The maximum Gasteiger partial charge on any atom is 0.244 e. The molecule has 0 aliphatic carbocycles. The lowest BCUT2D eigenvalue weighted by molar-refractivity contribution is 0.119. The topological polar surface area (TPSA) is 97.6 Å². The lowest BCUT2D eigenvalue weighted by Crippen LogP contribution is -2.42. The highest BCUT2D eigenvalue weighted by Crippen LogP contribution is 2.19. The lowest BCUT2D eigenvalue weighted by Gasteiger charge is -2.27. The molecule has 0 spiro atoms. The average molecular weight is 305 g/mol. The molecule has 20 heavy (non-hydrogen) atoms. The van der Waals surface area contributed by atoms with E-state index in [9.17, 15) is 8.42 Å². The van der Waals surface area contributed by atoms with Gasteiger partial charge in [-0.15, -0.1) is 0 Å². The third-order valence-electron chi connectivity index (χ3n) is 2.96. The molecule has 0 amide bonds. The number of hydrogen-bond donors (Lipinski definition) is 2. The van der Waals surface area contributed by atoms with Gasteiger partial charge in [0.15, 0.2) is 0 Å². The van der Waals surface area contributed by atoms with E-state index in [0.717, 1.165) is 0 Å². The first kappa shape index (κ1) is 17.1. The molecule has 1 aromatic rings. The van der Waals surface area contributed by atoms with Gasteiger partial charge >= 0.3 is 0 Å². The summed E-state index contributed by atoms with van der Waals surface area (Å²) in [4.78, 5) is 3.06. The first-order chi connectivity index (χ1) is 9.47. The number of nitrogens with one attached hydrogen (secondary N) is 1. The second-order valence-electron chi connectivity index (χ2n) is 4.48. The van der Waals surface area contributed by atoms with Crippen molar-refractivity contribution in [2.75, 3.05) is 34.0 Å². The van der Waals surface area contributed by atoms with Crippen molar-refractivity contribution in [3.63, 3.8) is 0 Å². The van der Waals surface area contributed by atoms with Crippen LogP contribution in [0.5, 0.6) is 0 Å². The predicted molar refractivity (Wildman–Crippen MR) is 75.8 cm³/mol. The second kappa shape index (κ2) is 7.75. The van der Waals surface area contributed by atoms with Crippen molar-refractivity contribution in [2.45, 2.75) is 24.4 Å². The molecule has 0 saturated heterocycles. The number of rotatable bonds is 9. The Morgan fingerprint density at radius 1 is 1.40 bits per heavy atom. The first-order valence-electron chi connectivity index (χ1n) is 6.34. The van der Waals surface area contributed by atoms with Crippen LogP contribution in [-0.4, -0.2) is 57.7 Å². The number of hydrogen-bond acceptors (Lipinski definition) is 5. The summed E-state index contributed by atoms with van der Waals surface area (Å²) in [6, 6.07) is 1.27. The number of nitrogens with zero attached hydrogens (tertiary/aromatic N) is 1. The minimum atomic E-state index is -3.60. The van der Waals surface area contributed by atoms with Crippen molar-refractivity contribution in [1.82, 2.24) is 9.29 Å². The van der Waals surface area contributed by atoms with E-state index in [4.69, 9.17) is 15.2 Å². The zero-order valence-corrected chi connectivity index (χ0v) is 12.9. The van der Waals surface area contributed by atoms with Gasteiger partial charge in [0.2, 0.25) is 10.0 Å². The van der Waals surface area contributed by atoms with Crippen LogP contribution in [0.4, 0.5) is 0 Å². The van der Waals surface area contributed by atoms with Crippen LogP contribution in [0.15, 0.2) is 17.2 Å². The summed E-state index contributed by atoms with van der Waals surface area (Å²) in [5.74, 6) is 0. The fourth-order valence-corrected chi connectivity index (χ4v) is 3.52. The third-order valence-corrected chi connectivity index (χ3v) is 4.95. The van der Waals surface area contributed by atoms with Crippen molar-refractivity contribution < 1.29 is 17.9 Å². The standard InChI is InChI=1S/C12H23N3O4S/c1-10(9-19-3)15(4-5-18-2)20(16,17)12-6-11(7-13)14-8-12/h6,8,10,14H,4-5,7,9,13H2,1-3H3. The van der Waals surface area contributed by atoms with Gasteiger partial charge in [0.1, 0.15) is 0 Å². The molecule has 8 heteroatoms. The van der Waals surface area contributed by atoms with Crippen LogP contribution in [0.25, 0.3) is 0 Å². The maximum atomic E-state index is 12.6. The number of nitrogens with two attached hydrogens (primary N) is 1. The molecule has 116 valence electrons. The Bertz CT molecular complexity index is 501. The number of H-pyrrole nitrogens is 1. The smallest absolute Gasteiger partial charge is 0.244 e. The molecule has 0 aromatic carbocycles. The Balaban J connectivity index is 3.02. The van der Waals surface area contributed by atoms with E-state index in [1.54, 1.807) is 20.1 Å². The molecule has 1 atom stereocenters. The molecule has 1 heterocycles. The van der Waals surface area contributed by atoms with E-state index < -0.39 is 10.0 Å². The van der Waals surface area contributed by atoms with Crippen LogP contribution < -0.4 is 5.73 Å². The Labute approximate surface area is 120 Å². The highest BCUT2D eigenvalue weighted by atomic mass is 32.2. The minimum Gasteiger partial charge on any atom is -0.383 e. The van der Waals surface area contributed by atoms with Gasteiger partial charge in [-0.2, -0.15) is 4.31 Å². The molecular weight excluding hydrogens is 282 g/mol. The number of methoxy groups -OCH3 is 2. The molecule has 0 bridgehead atoms. The Hall–Kier alpha value is -0.930. The van der Waals surface area contributed by atoms with Gasteiger partial charge < -0.3 is 20.2 Å². The molecule has 0 radical (unpaired) electrons. The van der Waals surface area contributed by atoms with E-state index in [0.29, 0.717) is 18.9 Å². The van der Waals surface area contributed by atoms with Gasteiger partial charge in [-0.3, -0.25) is 0 Å². The van der Waals surface area contributed by atoms with E-state index in [1.807, 2.05) is 0 Å². The van der Waals surface area contributed by atoms with Crippen molar-refractivity contribution in [2.24, 2.45) is 5.73 Å². The van der Waals surface area contributed by atoms with E-state index in [-0.39, 0.29) is 24.0 Å². The molecule has 3 N–H and O–H groups in total. The fraction of sp³-hybridized carbons (Fsp3) is 0.667. The van der Waals surface area contributed by atoms with Gasteiger partial charge in [-0.25, -0.2) is 8.42 Å². The first-order valence-corrected chi connectivity index (χ1v) is 7.78. The molecule has 0 fully saturated rings. The molecule has 0 saturated carbocycles. The number of ether oxygens (including phenoxy) is 2. The Kier molecular flexibility index (Phi) is 6.63. The molecule has 0 aliphatic rings. The van der Waals surface area contributed by atoms with Crippen LogP contribution in [0.1, 0.15) is 12.6 Å². The van der Waals surface area contributed by atoms with Crippen molar-refractivity contribution in [3.8, 4) is 0 Å². The van der Waals surface area contributed by atoms with Crippen LogP contribution in [-0.2, 0) is 26.0 Å². The van der Waals surface area contributed by atoms with Gasteiger partial charge in [-0.1, -0.05) is 0 Å². The summed E-state index contributed by atoms with van der Waals surface area (Å²) in [7, 11) is -0.519. The van der Waals surface area contributed by atoms with Crippen molar-refractivity contribution in [1.29, 1.82) is 0 Å². The predicted octanol–water partition coefficient (Wildman–Crippen LogP) is 0.145. The maximum absolute atomic E-state index is 12.6. The number of aromatic nitrogens is 1. The van der Waals surface area contributed by atoms with Gasteiger partial charge in [0, 0.05) is 45.2 Å². The minimum absolute atomic E-state index is 0.206. The zero-order valence-electron chi connectivity index (χ0n) is 12.1. The third kappa shape index (κ3) is 4.03. The lowest BCUT2D eigenvalue weighted by atomic mass is 10.3. The molecule has 1 aromatic heterocycles. The van der Waals surface area contributed by atoms with Crippen LogP contribution in [0.3, 0.4) is 0 Å². The van der Waals surface area contributed by atoms with Crippen LogP contribution in [0.2, 0.25) is 0 Å². The van der Waals surface area contributed by atoms with Crippen molar-refractivity contribution >= 4 is 10.0 Å². The fourth-order valence-electron chi connectivity index (χ4n) is 1.90. The largest absolute Gasteiger partial charge is 0.383 e. The van der Waals surface area contributed by atoms with E-state index >= 15 is 0 Å². The summed E-state index contributed by atoms with van der Waals surface area (Å²) in [6.07, 6.45) is 1.46. The zero-order chi connectivity index (χ0) is 15.2. The van der Waals surface area contributed by atoms with Gasteiger partial charge in [0.05, 0.1) is 18.1 Å². The molecule has 1 rings (SSSR count). The van der Waals surface area contributed by atoms with Crippen molar-refractivity contribution in [3.05, 3.63) is 18.0 Å². The van der Waals surface area contributed by atoms with Crippen LogP contribution in [0, 0.1) is 0 Å². The molecule has 7 nitrogen and oxygen atoms in total. The monoisotopic (exact) mass is 305 g/mol. The summed E-state index contributed by atoms with van der Waals surface area (Å²) < 4.78 is 36.7. The molecule has 0 aliphatic heterocycles. The van der Waals surface area contributed by atoms with Gasteiger partial charge in [0.25, 0.3) is 0 Å². The van der Waals surface area contributed by atoms with E-state index in [2.05, 4.69) is 4.98 Å². The van der Waals surface area contributed by atoms with E-state index in [1.165, 1.54) is 17.6 Å². The van der Waals surface area contributed by atoms with Crippen LogP contribution >= 0.6 is 0 Å². The Morgan fingerprint density at radius 3 is 2.60 bits per heavy atom. The highest BCUT2D eigenvalue weighted by Gasteiger charge is 2.29. The second-order valence-corrected chi connectivity index (χ2v) is 6.37. The quantitative estimate of drug-likeness (QED) is 0.676. The highest BCUT2D eigenvalue weighted by molar-refractivity contribution is 7.89. The van der Waals surface area contributed by atoms with Gasteiger partial charge in [-0.05, 0) is 13.0 Å². The SMILES string of the molecule is COCCN(C(C)COC)S(=O)(=O)c1c[nH]c(CN)c1. The average Bonchev–Trinajstić information content (AvgIpc) is 2.88. The molecular formula is C12H23N3O4S. The summed E-state index contributed by atoms with van der Waals surface area (Å²) in [6.45, 7) is 2.97. The summed E-state index contributed by atoms with van der Waals surface area (Å²) in [5, 5.41) is 0. The molecule has 1 unspecified atom stereocenters. The summed E-state index contributed by atoms with van der Waals surface area (Å²) >= 11 is 0. The Morgan fingerprint density at radius 2 is 2.10 bits per heavy atom. The number of aromatic amines is 1. The normalized spacial score (nSPS) is 13.8.